The molecule has 1 aromatic heterocycles. The summed E-state index contributed by atoms with van der Waals surface area (Å²) >= 11 is 1.48. The predicted molar refractivity (Wildman–Crippen MR) is 89.4 cm³/mol. The first kappa shape index (κ1) is 16.4. The predicted octanol–water partition coefficient (Wildman–Crippen LogP) is 3.33. The Morgan fingerprint density at radius 1 is 1.36 bits per heavy atom. The zero-order chi connectivity index (χ0) is 15.9. The van der Waals surface area contributed by atoms with Crippen molar-refractivity contribution in [2.45, 2.75) is 30.7 Å². The summed E-state index contributed by atoms with van der Waals surface area (Å²) in [6.07, 6.45) is 4.35. The Hall–Kier alpha value is -1.95. The van der Waals surface area contributed by atoms with Gasteiger partial charge < -0.3 is 14.6 Å². The van der Waals surface area contributed by atoms with Crippen molar-refractivity contribution in [2.24, 2.45) is 7.05 Å². The summed E-state index contributed by atoms with van der Waals surface area (Å²) in [6.45, 7) is 4.57. The van der Waals surface area contributed by atoms with Crippen LogP contribution in [-0.2, 0) is 11.8 Å². The van der Waals surface area contributed by atoms with Gasteiger partial charge in [0.15, 0.2) is 5.16 Å². The molecule has 5 nitrogen and oxygen atoms in total. The quantitative estimate of drug-likeness (QED) is 0.795. The summed E-state index contributed by atoms with van der Waals surface area (Å²) in [5.41, 5.74) is 0.771. The third kappa shape index (κ3) is 4.27. The van der Waals surface area contributed by atoms with E-state index in [1.165, 1.54) is 11.8 Å². The standard InChI is InChI=1S/C16H21N3O2S/c1-4-14(22-16-17-10-11-19(16)3)15(20)18-12-6-8-13(9-7-12)21-5-2/h6-11,14H,4-5H2,1-3H3,(H,18,20). The number of carbonyl (C=O) groups is 1. The molecule has 0 spiro atoms. The van der Waals surface area contributed by atoms with Crippen molar-refractivity contribution in [1.29, 1.82) is 0 Å². The molecule has 1 N–H and O–H groups in total. The number of hydrogen-bond acceptors (Lipinski definition) is 4. The van der Waals surface area contributed by atoms with E-state index in [0.717, 1.165) is 23.0 Å². The van der Waals surface area contributed by atoms with Gasteiger partial charge in [0.2, 0.25) is 5.91 Å². The van der Waals surface area contributed by atoms with Crippen LogP contribution in [0.2, 0.25) is 0 Å². The molecule has 2 aromatic rings. The second-order valence-electron chi connectivity index (χ2n) is 4.78. The van der Waals surface area contributed by atoms with Crippen LogP contribution in [-0.4, -0.2) is 27.3 Å². The Morgan fingerprint density at radius 3 is 2.64 bits per heavy atom. The SMILES string of the molecule is CCOc1ccc(NC(=O)C(CC)Sc2nccn2C)cc1. The first-order valence-electron chi connectivity index (χ1n) is 7.31. The number of benzene rings is 1. The van der Waals surface area contributed by atoms with Crippen molar-refractivity contribution in [1.82, 2.24) is 9.55 Å². The molecule has 0 aliphatic rings. The van der Waals surface area contributed by atoms with Gasteiger partial charge in [-0.15, -0.1) is 0 Å². The molecular formula is C16H21N3O2S. The maximum absolute atomic E-state index is 12.4. The highest BCUT2D eigenvalue weighted by Gasteiger charge is 2.20. The Morgan fingerprint density at radius 2 is 2.09 bits per heavy atom. The molecule has 1 unspecified atom stereocenters. The van der Waals surface area contributed by atoms with Crippen molar-refractivity contribution in [3.63, 3.8) is 0 Å². The summed E-state index contributed by atoms with van der Waals surface area (Å²) < 4.78 is 7.30. The molecular weight excluding hydrogens is 298 g/mol. The Bertz CT molecular complexity index is 610. The molecule has 1 heterocycles. The van der Waals surface area contributed by atoms with Crippen LogP contribution in [0.5, 0.6) is 5.75 Å². The summed E-state index contributed by atoms with van der Waals surface area (Å²) in [5.74, 6) is 0.787. The molecule has 0 saturated carbocycles. The van der Waals surface area contributed by atoms with E-state index in [0.29, 0.717) is 6.61 Å². The highest BCUT2D eigenvalue weighted by molar-refractivity contribution is 8.00. The Balaban J connectivity index is 1.98. The van der Waals surface area contributed by atoms with Gasteiger partial charge in [-0.1, -0.05) is 18.7 Å². The lowest BCUT2D eigenvalue weighted by molar-refractivity contribution is -0.115. The highest BCUT2D eigenvalue weighted by Crippen LogP contribution is 2.25. The molecule has 22 heavy (non-hydrogen) atoms. The smallest absolute Gasteiger partial charge is 0.237 e. The summed E-state index contributed by atoms with van der Waals surface area (Å²) in [4.78, 5) is 16.6. The monoisotopic (exact) mass is 319 g/mol. The molecule has 1 amide bonds. The average Bonchev–Trinajstić information content (AvgIpc) is 2.92. The number of anilines is 1. The summed E-state index contributed by atoms with van der Waals surface area (Å²) in [6, 6.07) is 7.40. The third-order valence-electron chi connectivity index (χ3n) is 3.12. The van der Waals surface area contributed by atoms with Gasteiger partial charge in [0, 0.05) is 25.1 Å². The van der Waals surface area contributed by atoms with Gasteiger partial charge >= 0.3 is 0 Å². The Kier molecular flexibility index (Phi) is 5.89. The third-order valence-corrected chi connectivity index (χ3v) is 4.56. The number of nitrogens with zero attached hydrogens (tertiary/aromatic N) is 2. The first-order valence-corrected chi connectivity index (χ1v) is 8.19. The van der Waals surface area contributed by atoms with E-state index in [1.54, 1.807) is 6.20 Å². The molecule has 118 valence electrons. The minimum Gasteiger partial charge on any atom is -0.494 e. The molecule has 0 fully saturated rings. The van der Waals surface area contributed by atoms with Gasteiger partial charge in [0.25, 0.3) is 0 Å². The van der Waals surface area contributed by atoms with E-state index in [9.17, 15) is 4.79 Å². The lowest BCUT2D eigenvalue weighted by Gasteiger charge is -2.14. The molecule has 0 saturated heterocycles. The van der Waals surface area contributed by atoms with E-state index in [-0.39, 0.29) is 11.2 Å². The normalized spacial score (nSPS) is 12.0. The number of rotatable bonds is 7. The fourth-order valence-corrected chi connectivity index (χ4v) is 2.87. The number of aryl methyl sites for hydroxylation is 1. The number of hydrogen-bond donors (Lipinski definition) is 1. The minimum absolute atomic E-state index is 0.0142. The van der Waals surface area contributed by atoms with Crippen LogP contribution in [0.4, 0.5) is 5.69 Å². The van der Waals surface area contributed by atoms with Crippen LogP contribution in [0.15, 0.2) is 41.8 Å². The van der Waals surface area contributed by atoms with Crippen molar-refractivity contribution in [3.8, 4) is 5.75 Å². The fraction of sp³-hybridized carbons (Fsp3) is 0.375. The van der Waals surface area contributed by atoms with Crippen molar-refractivity contribution in [3.05, 3.63) is 36.7 Å². The summed E-state index contributed by atoms with van der Waals surface area (Å²) in [7, 11) is 1.92. The van der Waals surface area contributed by atoms with E-state index in [1.807, 2.05) is 55.9 Å². The van der Waals surface area contributed by atoms with E-state index < -0.39 is 0 Å². The van der Waals surface area contributed by atoms with E-state index >= 15 is 0 Å². The van der Waals surface area contributed by atoms with Crippen LogP contribution in [0.3, 0.4) is 0 Å². The maximum Gasteiger partial charge on any atom is 0.237 e. The number of nitrogens with one attached hydrogen (secondary N) is 1. The van der Waals surface area contributed by atoms with Gasteiger partial charge in [0.1, 0.15) is 5.75 Å². The second kappa shape index (κ2) is 7.89. The number of amides is 1. The first-order chi connectivity index (χ1) is 10.6. The molecule has 0 radical (unpaired) electrons. The van der Waals surface area contributed by atoms with Crippen LogP contribution < -0.4 is 10.1 Å². The van der Waals surface area contributed by atoms with Crippen molar-refractivity contribution < 1.29 is 9.53 Å². The largest absolute Gasteiger partial charge is 0.494 e. The summed E-state index contributed by atoms with van der Waals surface area (Å²) in [5, 5.41) is 3.61. The van der Waals surface area contributed by atoms with Gasteiger partial charge in [0.05, 0.1) is 11.9 Å². The van der Waals surface area contributed by atoms with Crippen LogP contribution in [0.1, 0.15) is 20.3 Å². The molecule has 1 atom stereocenters. The van der Waals surface area contributed by atoms with Gasteiger partial charge in [-0.3, -0.25) is 4.79 Å². The number of thioether (sulfide) groups is 1. The number of carbonyl (C=O) groups excluding carboxylic acids is 1. The number of imidazole rings is 1. The van der Waals surface area contributed by atoms with Gasteiger partial charge in [-0.05, 0) is 37.6 Å². The fourth-order valence-electron chi connectivity index (χ4n) is 1.94. The minimum atomic E-state index is -0.173. The lowest BCUT2D eigenvalue weighted by Crippen LogP contribution is -2.24. The number of ether oxygens (including phenoxy) is 1. The van der Waals surface area contributed by atoms with E-state index in [4.69, 9.17) is 4.74 Å². The molecule has 1 aromatic carbocycles. The maximum atomic E-state index is 12.4. The van der Waals surface area contributed by atoms with Crippen molar-refractivity contribution >= 4 is 23.4 Å². The van der Waals surface area contributed by atoms with Gasteiger partial charge in [-0.25, -0.2) is 4.98 Å². The van der Waals surface area contributed by atoms with Gasteiger partial charge in [-0.2, -0.15) is 0 Å². The van der Waals surface area contributed by atoms with E-state index in [2.05, 4.69) is 10.3 Å². The lowest BCUT2D eigenvalue weighted by atomic mass is 10.2. The molecule has 0 bridgehead atoms. The average molecular weight is 319 g/mol. The zero-order valence-electron chi connectivity index (χ0n) is 13.1. The Labute approximate surface area is 135 Å². The zero-order valence-corrected chi connectivity index (χ0v) is 13.9. The topological polar surface area (TPSA) is 56.1 Å². The molecule has 6 heteroatoms. The van der Waals surface area contributed by atoms with Crippen molar-refractivity contribution in [2.75, 3.05) is 11.9 Å². The van der Waals surface area contributed by atoms with Crippen LogP contribution >= 0.6 is 11.8 Å². The second-order valence-corrected chi connectivity index (χ2v) is 5.95. The molecule has 0 aliphatic heterocycles. The molecule has 0 aliphatic carbocycles. The highest BCUT2D eigenvalue weighted by atomic mass is 32.2. The van der Waals surface area contributed by atoms with Crippen LogP contribution in [0.25, 0.3) is 0 Å². The number of aromatic nitrogens is 2. The van der Waals surface area contributed by atoms with Crippen LogP contribution in [0, 0.1) is 0 Å². The molecule has 2 rings (SSSR count).